The molecule has 3 aromatic carbocycles. The van der Waals surface area contributed by atoms with Crippen LogP contribution in [0, 0.1) is 6.92 Å². The molecule has 11 heteroatoms. The smallest absolute Gasteiger partial charge is 0.295 e. The molecular formula is C31H32BrN5O4S. The number of benzene rings is 3. The van der Waals surface area contributed by atoms with E-state index in [4.69, 9.17) is 4.84 Å². The van der Waals surface area contributed by atoms with Crippen molar-refractivity contribution in [3.05, 3.63) is 113 Å². The molecule has 9 nitrogen and oxygen atoms in total. The third-order valence-corrected chi connectivity index (χ3v) is 9.03. The van der Waals surface area contributed by atoms with Crippen LogP contribution in [0.1, 0.15) is 15.9 Å². The number of pyridine rings is 1. The lowest BCUT2D eigenvalue weighted by molar-refractivity contribution is 0.0947. The van der Waals surface area contributed by atoms with Crippen LogP contribution in [0.3, 0.4) is 0 Å². The summed E-state index contributed by atoms with van der Waals surface area (Å²) in [5.74, 6) is 1.10. The van der Waals surface area contributed by atoms with E-state index in [1.54, 1.807) is 54.6 Å². The van der Waals surface area contributed by atoms with Crippen molar-refractivity contribution in [3.63, 3.8) is 0 Å². The van der Waals surface area contributed by atoms with Gasteiger partial charge < -0.3 is 15.1 Å². The summed E-state index contributed by atoms with van der Waals surface area (Å²) in [6, 6.07) is 25.4. The Balaban J connectivity index is 1.18. The van der Waals surface area contributed by atoms with Crippen LogP contribution in [0.25, 0.3) is 0 Å². The van der Waals surface area contributed by atoms with Gasteiger partial charge in [-0.3, -0.25) is 9.69 Å². The lowest BCUT2D eigenvalue weighted by Crippen LogP contribution is -2.48. The number of piperazine rings is 1. The average molecular weight is 651 g/mol. The molecule has 0 spiro atoms. The summed E-state index contributed by atoms with van der Waals surface area (Å²) in [5.41, 5.74) is 1.92. The minimum Gasteiger partial charge on any atom is -0.364 e. The minimum atomic E-state index is -4.11. The molecule has 5 rings (SSSR count). The first-order valence-electron chi connectivity index (χ1n) is 13.6. The summed E-state index contributed by atoms with van der Waals surface area (Å²) in [6.07, 6.45) is 1.84. The van der Waals surface area contributed by atoms with Crippen LogP contribution < -0.4 is 19.5 Å². The molecule has 2 heterocycles. The zero-order valence-electron chi connectivity index (χ0n) is 23.2. The molecule has 1 aliphatic rings. The van der Waals surface area contributed by atoms with Crippen LogP contribution in [-0.4, -0.2) is 63.5 Å². The van der Waals surface area contributed by atoms with Crippen LogP contribution in [0.2, 0.25) is 0 Å². The maximum absolute atomic E-state index is 13.6. The SMILES string of the molecule is Cc1ccnc(N2CCN(CCNC(=O)c3ccc(S(=O)(=O)N(Oc4ccc(Br)cc4)c4ccccc4)cc3)CC2)c1. The monoisotopic (exact) mass is 649 g/mol. The van der Waals surface area contributed by atoms with Gasteiger partial charge in [0.25, 0.3) is 15.9 Å². The van der Waals surface area contributed by atoms with Gasteiger partial charge in [-0.1, -0.05) is 38.6 Å². The number of para-hydroxylation sites is 1. The standard InChI is InChI=1S/C31H32BrN5O4S/c1-24-15-16-33-30(23-24)36-21-19-35(20-22-36)18-17-34-31(38)25-7-13-29(14-8-25)42(39,40)37(27-5-3-2-4-6-27)41-28-11-9-26(32)10-12-28/h2-16,23H,17-22H2,1H3,(H,34,38). The van der Waals surface area contributed by atoms with Gasteiger partial charge in [-0.15, -0.1) is 0 Å². The molecule has 0 saturated carbocycles. The number of nitrogens with zero attached hydrogens (tertiary/aromatic N) is 4. The largest absolute Gasteiger partial charge is 0.364 e. The molecule has 1 fully saturated rings. The van der Waals surface area contributed by atoms with E-state index in [-0.39, 0.29) is 10.8 Å². The number of aryl methyl sites for hydroxylation is 1. The number of sulfonamides is 1. The van der Waals surface area contributed by atoms with Crippen LogP contribution in [0.4, 0.5) is 11.5 Å². The lowest BCUT2D eigenvalue weighted by atomic mass is 10.2. The lowest BCUT2D eigenvalue weighted by Gasteiger charge is -2.35. The highest BCUT2D eigenvalue weighted by Crippen LogP contribution is 2.27. The molecule has 1 aromatic heterocycles. The summed E-state index contributed by atoms with van der Waals surface area (Å²) < 4.78 is 29.0. The van der Waals surface area contributed by atoms with Crippen molar-refractivity contribution >= 4 is 43.4 Å². The van der Waals surface area contributed by atoms with Crippen molar-refractivity contribution in [2.45, 2.75) is 11.8 Å². The number of hydrogen-bond donors (Lipinski definition) is 1. The van der Waals surface area contributed by atoms with Gasteiger partial charge in [0.1, 0.15) is 5.82 Å². The molecule has 0 bridgehead atoms. The molecule has 1 amide bonds. The van der Waals surface area contributed by atoms with E-state index in [1.165, 1.54) is 29.8 Å². The van der Waals surface area contributed by atoms with Crippen molar-refractivity contribution in [2.75, 3.05) is 48.6 Å². The molecular weight excluding hydrogens is 618 g/mol. The van der Waals surface area contributed by atoms with Gasteiger partial charge in [-0.2, -0.15) is 8.42 Å². The Bertz CT molecular complexity index is 1590. The summed E-state index contributed by atoms with van der Waals surface area (Å²) >= 11 is 3.37. The Kier molecular flexibility index (Phi) is 9.41. The van der Waals surface area contributed by atoms with Gasteiger partial charge in [0.15, 0.2) is 5.75 Å². The van der Waals surface area contributed by atoms with Gasteiger partial charge in [-0.05, 0) is 85.3 Å². The zero-order valence-corrected chi connectivity index (χ0v) is 25.6. The Morgan fingerprint density at radius 1 is 0.952 bits per heavy atom. The Morgan fingerprint density at radius 3 is 2.31 bits per heavy atom. The number of rotatable bonds is 10. The van der Waals surface area contributed by atoms with Crippen molar-refractivity contribution in [3.8, 4) is 5.75 Å². The normalized spacial score (nSPS) is 13.9. The fraction of sp³-hybridized carbons (Fsp3) is 0.226. The summed E-state index contributed by atoms with van der Waals surface area (Å²) in [5, 5.41) is 2.95. The molecule has 1 N–H and O–H groups in total. The number of carbonyl (C=O) groups excluding carboxylic acids is 1. The van der Waals surface area contributed by atoms with Crippen molar-refractivity contribution in [2.24, 2.45) is 0 Å². The maximum Gasteiger partial charge on any atom is 0.295 e. The number of aromatic nitrogens is 1. The molecule has 218 valence electrons. The first kappa shape index (κ1) is 29.6. The number of nitrogens with one attached hydrogen (secondary N) is 1. The fourth-order valence-corrected chi connectivity index (χ4v) is 6.10. The highest BCUT2D eigenvalue weighted by molar-refractivity contribution is 9.10. The number of carbonyl (C=O) groups is 1. The molecule has 1 saturated heterocycles. The number of halogens is 1. The van der Waals surface area contributed by atoms with E-state index in [2.05, 4.69) is 49.0 Å². The van der Waals surface area contributed by atoms with Crippen LogP contribution in [0.5, 0.6) is 5.75 Å². The molecule has 0 atom stereocenters. The van der Waals surface area contributed by atoms with Crippen LogP contribution in [0.15, 0.2) is 107 Å². The molecule has 42 heavy (non-hydrogen) atoms. The molecule has 1 aliphatic heterocycles. The molecule has 0 radical (unpaired) electrons. The number of anilines is 2. The zero-order chi connectivity index (χ0) is 29.5. The number of hydrogen-bond acceptors (Lipinski definition) is 7. The quantitative estimate of drug-likeness (QED) is 0.244. The van der Waals surface area contributed by atoms with Gasteiger partial charge in [-0.25, -0.2) is 4.98 Å². The highest BCUT2D eigenvalue weighted by Gasteiger charge is 2.28. The van der Waals surface area contributed by atoms with E-state index in [9.17, 15) is 13.2 Å². The average Bonchev–Trinajstić information content (AvgIpc) is 3.01. The van der Waals surface area contributed by atoms with Gasteiger partial charge in [0.2, 0.25) is 0 Å². The summed E-state index contributed by atoms with van der Waals surface area (Å²) in [7, 11) is -4.11. The van der Waals surface area contributed by atoms with Crippen molar-refractivity contribution in [1.82, 2.24) is 15.2 Å². The van der Waals surface area contributed by atoms with E-state index >= 15 is 0 Å². The Hall–Kier alpha value is -3.93. The summed E-state index contributed by atoms with van der Waals surface area (Å²) in [4.78, 5) is 27.7. The predicted octanol–water partition coefficient (Wildman–Crippen LogP) is 4.89. The Morgan fingerprint density at radius 2 is 1.64 bits per heavy atom. The Labute approximate surface area is 254 Å². The molecule has 0 unspecified atom stereocenters. The number of amides is 1. The second-order valence-electron chi connectivity index (χ2n) is 9.91. The molecule has 0 aliphatic carbocycles. The van der Waals surface area contributed by atoms with E-state index in [0.29, 0.717) is 23.5 Å². The topological polar surface area (TPSA) is 95.1 Å². The van der Waals surface area contributed by atoms with Gasteiger partial charge in [0, 0.05) is 55.5 Å². The third-order valence-electron chi connectivity index (χ3n) is 6.91. The maximum atomic E-state index is 13.6. The molecule has 4 aromatic rings. The van der Waals surface area contributed by atoms with Crippen molar-refractivity contribution < 1.29 is 18.0 Å². The first-order valence-corrected chi connectivity index (χ1v) is 15.8. The summed E-state index contributed by atoms with van der Waals surface area (Å²) in [6.45, 7) is 6.82. The van der Waals surface area contributed by atoms with Gasteiger partial charge >= 0.3 is 0 Å². The second-order valence-corrected chi connectivity index (χ2v) is 12.6. The fourth-order valence-electron chi connectivity index (χ4n) is 4.58. The third kappa shape index (κ3) is 7.28. The van der Waals surface area contributed by atoms with Crippen LogP contribution in [-0.2, 0) is 10.0 Å². The van der Waals surface area contributed by atoms with E-state index < -0.39 is 10.0 Å². The second kappa shape index (κ2) is 13.4. The first-order chi connectivity index (χ1) is 20.3. The van der Waals surface area contributed by atoms with E-state index in [1.807, 2.05) is 12.3 Å². The van der Waals surface area contributed by atoms with E-state index in [0.717, 1.165) is 47.5 Å². The highest BCUT2D eigenvalue weighted by atomic mass is 79.9. The minimum absolute atomic E-state index is 0.000912. The van der Waals surface area contributed by atoms with Crippen molar-refractivity contribution in [1.29, 1.82) is 0 Å². The predicted molar refractivity (Wildman–Crippen MR) is 167 cm³/mol. The van der Waals surface area contributed by atoms with Gasteiger partial charge in [0.05, 0.1) is 10.6 Å². The van der Waals surface area contributed by atoms with Crippen LogP contribution >= 0.6 is 15.9 Å².